The van der Waals surface area contributed by atoms with Crippen LogP contribution in [0.3, 0.4) is 0 Å². The van der Waals surface area contributed by atoms with E-state index < -0.39 is 19.9 Å². The largest absolute Gasteiger partial charge is 0.395 e. The lowest BCUT2D eigenvalue weighted by Gasteiger charge is -2.02. The molecule has 3 N–H and O–H groups in total. The van der Waals surface area contributed by atoms with Gasteiger partial charge in [0.05, 0.1) is 31.3 Å². The van der Waals surface area contributed by atoms with E-state index in [1.807, 2.05) is 30.3 Å². The van der Waals surface area contributed by atoms with Gasteiger partial charge in [-0.3, -0.25) is 0 Å². The lowest BCUT2D eigenvalue weighted by molar-refractivity contribution is 0.135. The third kappa shape index (κ3) is 15.2. The van der Waals surface area contributed by atoms with E-state index in [-0.39, 0.29) is 24.7 Å². The molecule has 0 spiro atoms. The minimum absolute atomic E-state index is 0.132. The highest BCUT2D eigenvalue weighted by molar-refractivity contribution is 7.90. The minimum Gasteiger partial charge on any atom is -0.395 e. The van der Waals surface area contributed by atoms with Gasteiger partial charge in [0.25, 0.3) is 0 Å². The fourth-order valence-corrected chi connectivity index (χ4v) is 1.79. The molecule has 1 aromatic carbocycles. The van der Waals surface area contributed by atoms with Gasteiger partial charge >= 0.3 is 0 Å². The van der Waals surface area contributed by atoms with E-state index >= 15 is 0 Å². The Balaban J connectivity index is 0.000000486. The molecule has 9 heteroatoms. The predicted molar refractivity (Wildman–Crippen MR) is 80.9 cm³/mol. The van der Waals surface area contributed by atoms with Crippen LogP contribution in [-0.2, 0) is 31.2 Å². The zero-order valence-electron chi connectivity index (χ0n) is 11.8. The fraction of sp³-hybridized carbons (Fsp3) is 0.500. The summed E-state index contributed by atoms with van der Waals surface area (Å²) in [5.74, 6) is -0.271. The number of hydrogen-bond donors (Lipinski definition) is 2. The first kappa shape index (κ1) is 20.0. The summed E-state index contributed by atoms with van der Waals surface area (Å²) in [5, 5.41) is 12.8. The fourth-order valence-electron chi connectivity index (χ4n) is 1.11. The molecule has 0 heterocycles. The van der Waals surface area contributed by atoms with E-state index in [9.17, 15) is 16.8 Å². The molecule has 0 aromatic heterocycles. The Bertz CT molecular complexity index is 583. The molecule has 0 aliphatic rings. The molecule has 7 nitrogen and oxygen atoms in total. The van der Waals surface area contributed by atoms with E-state index in [1.54, 1.807) is 0 Å². The number of aliphatic hydroxyl groups is 1. The number of ether oxygens (including phenoxy) is 1. The molecule has 0 aliphatic heterocycles. The first-order valence-electron chi connectivity index (χ1n) is 6.05. The molecule has 0 aliphatic carbocycles. The Morgan fingerprint density at radius 2 is 1.67 bits per heavy atom. The molecule has 21 heavy (non-hydrogen) atoms. The molecule has 0 saturated heterocycles. The smallest absolute Gasteiger partial charge is 0.211 e. The molecule has 122 valence electrons. The second-order valence-corrected chi connectivity index (χ2v) is 8.25. The Hall–Kier alpha value is -1.00. The van der Waals surface area contributed by atoms with Crippen molar-refractivity contribution in [3.8, 4) is 0 Å². The zero-order chi connectivity index (χ0) is 16.4. The molecular formula is C12H21NO6S2. The van der Waals surface area contributed by atoms with Gasteiger partial charge in [0, 0.05) is 6.26 Å². The molecule has 0 bridgehead atoms. The van der Waals surface area contributed by atoms with E-state index in [1.165, 1.54) is 0 Å². The monoisotopic (exact) mass is 339 g/mol. The molecule has 0 atom stereocenters. The van der Waals surface area contributed by atoms with Crippen molar-refractivity contribution in [3.05, 3.63) is 35.9 Å². The Labute approximate surface area is 125 Å². The maximum atomic E-state index is 10.5. The quantitative estimate of drug-likeness (QED) is 0.646. The van der Waals surface area contributed by atoms with E-state index in [0.717, 1.165) is 11.8 Å². The molecule has 0 saturated carbocycles. The number of aliphatic hydroxyl groups excluding tert-OH is 1. The molecule has 0 fully saturated rings. The van der Waals surface area contributed by atoms with Crippen LogP contribution in [0.2, 0.25) is 0 Å². The summed E-state index contributed by atoms with van der Waals surface area (Å²) in [6.45, 7) is 0.267. The van der Waals surface area contributed by atoms with Gasteiger partial charge in [-0.15, -0.1) is 0 Å². The second-order valence-electron chi connectivity index (χ2n) is 4.26. The number of sulfonamides is 1. The van der Waals surface area contributed by atoms with Gasteiger partial charge in [-0.05, 0) is 5.56 Å². The van der Waals surface area contributed by atoms with Crippen LogP contribution in [0.1, 0.15) is 5.56 Å². The summed E-state index contributed by atoms with van der Waals surface area (Å²) in [6, 6.07) is 9.54. The summed E-state index contributed by atoms with van der Waals surface area (Å²) < 4.78 is 46.4. The first-order chi connectivity index (χ1) is 9.64. The van der Waals surface area contributed by atoms with Crippen LogP contribution < -0.4 is 5.14 Å². The van der Waals surface area contributed by atoms with Gasteiger partial charge in [0.2, 0.25) is 10.0 Å². The van der Waals surface area contributed by atoms with Crippen molar-refractivity contribution >= 4 is 19.9 Å². The summed E-state index contributed by atoms with van der Waals surface area (Å²) in [4.78, 5) is 0. The standard InChI is InChI=1S/C9H13NO3S.C3H8O3S/c10-14(11,12)7-6-13-8-9-4-2-1-3-5-9;1-7(5,6)3-2-4/h1-5H,6-8H2,(H2,10,11,12);4H,2-3H2,1H3. The van der Waals surface area contributed by atoms with Gasteiger partial charge in [0.15, 0.2) is 0 Å². The van der Waals surface area contributed by atoms with Crippen molar-refractivity contribution < 1.29 is 26.7 Å². The molecule has 1 rings (SSSR count). The normalized spacial score (nSPS) is 11.6. The van der Waals surface area contributed by atoms with Gasteiger partial charge in [0.1, 0.15) is 9.84 Å². The lowest BCUT2D eigenvalue weighted by Crippen LogP contribution is -2.20. The summed E-state index contributed by atoms with van der Waals surface area (Å²) in [6.07, 6.45) is 1.09. The number of rotatable bonds is 7. The van der Waals surface area contributed by atoms with Crippen molar-refractivity contribution in [2.75, 3.05) is 31.0 Å². The number of nitrogens with two attached hydrogens (primary N) is 1. The lowest BCUT2D eigenvalue weighted by atomic mass is 10.2. The number of sulfone groups is 1. The molecule has 0 unspecified atom stereocenters. The van der Waals surface area contributed by atoms with Crippen molar-refractivity contribution in [1.29, 1.82) is 0 Å². The van der Waals surface area contributed by atoms with Crippen molar-refractivity contribution in [2.45, 2.75) is 6.61 Å². The maximum absolute atomic E-state index is 10.5. The second kappa shape index (κ2) is 9.85. The third-order valence-electron chi connectivity index (χ3n) is 2.09. The molecular weight excluding hydrogens is 318 g/mol. The van der Waals surface area contributed by atoms with Crippen LogP contribution in [0.4, 0.5) is 0 Å². The maximum Gasteiger partial charge on any atom is 0.211 e. The molecule has 0 radical (unpaired) electrons. The van der Waals surface area contributed by atoms with Gasteiger partial charge < -0.3 is 9.84 Å². The van der Waals surface area contributed by atoms with Crippen LogP contribution in [0, 0.1) is 0 Å². The van der Waals surface area contributed by atoms with Crippen molar-refractivity contribution in [1.82, 2.24) is 0 Å². The van der Waals surface area contributed by atoms with Crippen molar-refractivity contribution in [3.63, 3.8) is 0 Å². The molecule has 1 aromatic rings. The summed E-state index contributed by atoms with van der Waals surface area (Å²) in [7, 11) is -6.33. The number of primary sulfonamides is 1. The number of hydrogen-bond acceptors (Lipinski definition) is 6. The van der Waals surface area contributed by atoms with E-state index in [4.69, 9.17) is 15.0 Å². The van der Waals surface area contributed by atoms with Gasteiger partial charge in [-0.1, -0.05) is 30.3 Å². The van der Waals surface area contributed by atoms with E-state index in [2.05, 4.69) is 0 Å². The van der Waals surface area contributed by atoms with Crippen LogP contribution >= 0.6 is 0 Å². The first-order valence-corrected chi connectivity index (χ1v) is 9.82. The van der Waals surface area contributed by atoms with Crippen LogP contribution in [-0.4, -0.2) is 52.9 Å². The summed E-state index contributed by atoms with van der Waals surface area (Å²) in [5.41, 5.74) is 1.02. The van der Waals surface area contributed by atoms with Gasteiger partial charge in [-0.25, -0.2) is 22.0 Å². The molecule has 0 amide bonds. The SMILES string of the molecule is CS(=O)(=O)CCO.NS(=O)(=O)CCOCc1ccccc1. The minimum atomic E-state index is -3.40. The van der Waals surface area contributed by atoms with Crippen molar-refractivity contribution in [2.24, 2.45) is 5.14 Å². The highest BCUT2D eigenvalue weighted by Gasteiger charge is 2.01. The topological polar surface area (TPSA) is 124 Å². The Morgan fingerprint density at radius 1 is 1.10 bits per heavy atom. The highest BCUT2D eigenvalue weighted by Crippen LogP contribution is 2.00. The third-order valence-corrected chi connectivity index (χ3v) is 3.75. The Morgan fingerprint density at radius 3 is 2.05 bits per heavy atom. The predicted octanol–water partition coefficient (Wildman–Crippen LogP) is -0.485. The zero-order valence-corrected chi connectivity index (χ0v) is 13.4. The van der Waals surface area contributed by atoms with Crippen LogP contribution in [0.5, 0.6) is 0 Å². The average molecular weight is 339 g/mol. The Kier molecular flexibility index (Phi) is 9.38. The number of benzene rings is 1. The van der Waals surface area contributed by atoms with Crippen LogP contribution in [0.25, 0.3) is 0 Å². The summed E-state index contributed by atoms with van der Waals surface area (Å²) >= 11 is 0. The highest BCUT2D eigenvalue weighted by atomic mass is 32.2. The van der Waals surface area contributed by atoms with Crippen LogP contribution in [0.15, 0.2) is 30.3 Å². The average Bonchev–Trinajstić information content (AvgIpc) is 2.34. The van der Waals surface area contributed by atoms with E-state index in [0.29, 0.717) is 6.61 Å². The van der Waals surface area contributed by atoms with Gasteiger partial charge in [-0.2, -0.15) is 0 Å².